The number of nitrogens with one attached hydrogen (secondary N) is 2. The van der Waals surface area contributed by atoms with E-state index in [4.69, 9.17) is 19.7 Å². The molecule has 13 nitrogen and oxygen atoms in total. The molecule has 0 spiro atoms. The number of nitrogens with zero attached hydrogens (tertiary/aromatic N) is 6. The van der Waals surface area contributed by atoms with Crippen LogP contribution in [0.5, 0.6) is 0 Å². The number of carbonyl (C=O) groups excluding carboxylic acids is 1. The van der Waals surface area contributed by atoms with Crippen molar-refractivity contribution in [2.75, 3.05) is 59.8 Å². The molecule has 1 unspecified atom stereocenters. The lowest BCUT2D eigenvalue weighted by Gasteiger charge is -2.48. The third-order valence-corrected chi connectivity index (χ3v) is 9.20. The molecule has 6 rings (SSSR count). The summed E-state index contributed by atoms with van der Waals surface area (Å²) in [6, 6.07) is 13.9. The molecule has 13 heteroatoms. The van der Waals surface area contributed by atoms with Crippen molar-refractivity contribution in [1.82, 2.24) is 19.9 Å². The Hall–Kier alpha value is -4.49. The molecule has 2 bridgehead atoms. The number of fused-ring (bicyclic) bond motifs is 2. The molecule has 45 heavy (non-hydrogen) atoms. The molecule has 2 aromatic carbocycles. The normalized spacial score (nSPS) is 22.0. The Bertz CT molecular complexity index is 1550. The number of morpholine rings is 1. The SMILES string of the molecule is CC(O)c1ccc(NC(=O)Nc2ccc(-c3nc(N4CCOCC4)nc(N4C[C@]5(C(C)(C)C)C[C@@H]4CN5C(=O)O)n3)cc2)cc1. The van der Waals surface area contributed by atoms with E-state index < -0.39 is 23.8 Å². The van der Waals surface area contributed by atoms with Crippen molar-refractivity contribution in [1.29, 1.82) is 0 Å². The molecule has 0 radical (unpaired) electrons. The second kappa shape index (κ2) is 11.8. The lowest BCUT2D eigenvalue weighted by molar-refractivity contribution is 0.0361. The maximum absolute atomic E-state index is 12.6. The fourth-order valence-electron chi connectivity index (χ4n) is 6.52. The number of amides is 3. The van der Waals surface area contributed by atoms with Gasteiger partial charge < -0.3 is 35.4 Å². The van der Waals surface area contributed by atoms with Crippen molar-refractivity contribution in [3.05, 3.63) is 54.1 Å². The van der Waals surface area contributed by atoms with Crippen LogP contribution < -0.4 is 20.4 Å². The monoisotopic (exact) mass is 616 g/mol. The van der Waals surface area contributed by atoms with Crippen molar-refractivity contribution in [3.8, 4) is 11.4 Å². The van der Waals surface area contributed by atoms with Gasteiger partial charge in [0.05, 0.1) is 30.9 Å². The topological polar surface area (TPSA) is 156 Å². The highest BCUT2D eigenvalue weighted by Gasteiger charge is 2.62. The highest BCUT2D eigenvalue weighted by molar-refractivity contribution is 5.99. The van der Waals surface area contributed by atoms with Crippen molar-refractivity contribution in [3.63, 3.8) is 0 Å². The zero-order valence-corrected chi connectivity index (χ0v) is 26.0. The smallest absolute Gasteiger partial charge is 0.407 e. The first kappa shape index (κ1) is 30.5. The Morgan fingerprint density at radius 1 is 0.956 bits per heavy atom. The van der Waals surface area contributed by atoms with Gasteiger partial charge in [-0.1, -0.05) is 32.9 Å². The van der Waals surface area contributed by atoms with E-state index in [1.165, 1.54) is 0 Å². The number of carbonyl (C=O) groups is 2. The summed E-state index contributed by atoms with van der Waals surface area (Å²) < 4.78 is 5.55. The van der Waals surface area contributed by atoms with E-state index in [1.807, 2.05) is 12.1 Å². The molecule has 4 heterocycles. The van der Waals surface area contributed by atoms with Crippen molar-refractivity contribution in [2.24, 2.45) is 5.41 Å². The first-order valence-electron chi connectivity index (χ1n) is 15.3. The molecule has 238 valence electrons. The Labute approximate surface area is 262 Å². The number of anilines is 4. The minimum Gasteiger partial charge on any atom is -0.465 e. The molecule has 3 saturated heterocycles. The lowest BCUT2D eigenvalue weighted by atomic mass is 9.73. The van der Waals surface area contributed by atoms with Gasteiger partial charge in [-0.05, 0) is 60.7 Å². The van der Waals surface area contributed by atoms with Crippen LogP contribution >= 0.6 is 0 Å². The van der Waals surface area contributed by atoms with E-state index in [0.29, 0.717) is 74.9 Å². The van der Waals surface area contributed by atoms with Crippen LogP contribution in [0.4, 0.5) is 32.9 Å². The predicted octanol–water partition coefficient (Wildman–Crippen LogP) is 4.43. The number of hydrogen-bond acceptors (Lipinski definition) is 9. The maximum atomic E-state index is 12.6. The molecule has 3 aliphatic rings. The number of hydrogen-bond donors (Lipinski definition) is 4. The van der Waals surface area contributed by atoms with E-state index >= 15 is 0 Å². The Kier molecular flexibility index (Phi) is 8.00. The van der Waals surface area contributed by atoms with Gasteiger partial charge in [-0.25, -0.2) is 9.59 Å². The largest absolute Gasteiger partial charge is 0.465 e. The minimum atomic E-state index is -0.894. The van der Waals surface area contributed by atoms with Gasteiger partial charge >= 0.3 is 12.1 Å². The molecule has 4 N–H and O–H groups in total. The quantitative estimate of drug-likeness (QED) is 0.312. The minimum absolute atomic E-state index is 0.0403. The Morgan fingerprint density at radius 2 is 1.56 bits per heavy atom. The first-order valence-corrected chi connectivity index (χ1v) is 15.3. The number of benzene rings is 2. The van der Waals surface area contributed by atoms with Gasteiger partial charge in [0.15, 0.2) is 5.82 Å². The highest BCUT2D eigenvalue weighted by Crippen LogP contribution is 2.51. The summed E-state index contributed by atoms with van der Waals surface area (Å²) in [5, 5.41) is 25.3. The van der Waals surface area contributed by atoms with Crippen LogP contribution in [0, 0.1) is 5.41 Å². The summed E-state index contributed by atoms with van der Waals surface area (Å²) in [4.78, 5) is 45.3. The molecule has 3 aliphatic heterocycles. The third kappa shape index (κ3) is 5.97. The number of likely N-dealkylation sites (tertiary alicyclic amines) is 1. The summed E-state index contributed by atoms with van der Waals surface area (Å²) >= 11 is 0. The third-order valence-electron chi connectivity index (χ3n) is 9.20. The standard InChI is InChI=1S/C32H40N8O5/c1-20(41)21-5-9-23(10-6-21)33-29(42)34-24-11-7-22(8-12-24)26-35-27(38-13-15-45-16-14-38)37-28(36-26)39-19-32(31(2,3)4)17-25(39)18-40(32)30(43)44/h5-12,20,25,41H,13-19H2,1-4H3,(H,43,44)(H2,33,34,42)/t20?,25-,32+/m1/s1. The van der Waals surface area contributed by atoms with Gasteiger partial charge in [0.1, 0.15) is 0 Å². The van der Waals surface area contributed by atoms with Crippen LogP contribution in [0.3, 0.4) is 0 Å². The Morgan fingerprint density at radius 3 is 2.13 bits per heavy atom. The van der Waals surface area contributed by atoms with Crippen molar-refractivity contribution < 1.29 is 24.5 Å². The number of aromatic nitrogens is 3. The van der Waals surface area contributed by atoms with Gasteiger partial charge in [0, 0.05) is 43.1 Å². The van der Waals surface area contributed by atoms with Crippen LogP contribution in [0.2, 0.25) is 0 Å². The summed E-state index contributed by atoms with van der Waals surface area (Å²) in [6.45, 7) is 11.3. The lowest BCUT2D eigenvalue weighted by Crippen LogP contribution is -2.62. The van der Waals surface area contributed by atoms with Crippen LogP contribution in [0.15, 0.2) is 48.5 Å². The zero-order chi connectivity index (χ0) is 31.9. The van der Waals surface area contributed by atoms with Crippen LogP contribution in [-0.4, -0.2) is 93.2 Å². The van der Waals surface area contributed by atoms with Gasteiger partial charge in [-0.2, -0.15) is 15.0 Å². The molecular weight excluding hydrogens is 576 g/mol. The number of rotatable bonds is 6. The summed E-state index contributed by atoms with van der Waals surface area (Å²) in [7, 11) is 0. The second-order valence-corrected chi connectivity index (χ2v) is 13.0. The Balaban J connectivity index is 1.24. The summed E-state index contributed by atoms with van der Waals surface area (Å²) in [6.07, 6.45) is -0.761. The molecular formula is C32H40N8O5. The predicted molar refractivity (Wildman–Crippen MR) is 171 cm³/mol. The summed E-state index contributed by atoms with van der Waals surface area (Å²) in [5.74, 6) is 1.59. The number of piperazine rings is 1. The molecule has 3 aromatic rings. The second-order valence-electron chi connectivity index (χ2n) is 13.0. The van der Waals surface area contributed by atoms with Gasteiger partial charge in [-0.15, -0.1) is 0 Å². The average Bonchev–Trinajstić information content (AvgIpc) is 3.61. The number of urea groups is 1. The molecule has 3 atom stereocenters. The molecule has 3 fully saturated rings. The van der Waals surface area contributed by atoms with Crippen LogP contribution in [0.25, 0.3) is 11.4 Å². The number of carboxylic acid groups (broad SMARTS) is 1. The van der Waals surface area contributed by atoms with Gasteiger partial charge in [0.2, 0.25) is 11.9 Å². The zero-order valence-electron chi connectivity index (χ0n) is 26.0. The highest BCUT2D eigenvalue weighted by atomic mass is 16.5. The number of aliphatic hydroxyl groups is 1. The van der Waals surface area contributed by atoms with Gasteiger partial charge in [-0.3, -0.25) is 4.90 Å². The van der Waals surface area contributed by atoms with E-state index in [0.717, 1.165) is 11.1 Å². The van der Waals surface area contributed by atoms with E-state index in [2.05, 4.69) is 41.2 Å². The van der Waals surface area contributed by atoms with Crippen LogP contribution in [-0.2, 0) is 4.74 Å². The molecule has 3 amide bonds. The van der Waals surface area contributed by atoms with Gasteiger partial charge in [0.25, 0.3) is 0 Å². The van der Waals surface area contributed by atoms with E-state index in [1.54, 1.807) is 48.2 Å². The molecule has 0 aliphatic carbocycles. The van der Waals surface area contributed by atoms with Crippen molar-refractivity contribution in [2.45, 2.75) is 51.8 Å². The molecule has 0 saturated carbocycles. The van der Waals surface area contributed by atoms with Crippen molar-refractivity contribution >= 4 is 35.4 Å². The summed E-state index contributed by atoms with van der Waals surface area (Å²) in [5.41, 5.74) is 1.89. The van der Waals surface area contributed by atoms with E-state index in [-0.39, 0.29) is 11.5 Å². The molecule has 1 aromatic heterocycles. The maximum Gasteiger partial charge on any atom is 0.407 e. The van der Waals surface area contributed by atoms with Crippen LogP contribution in [0.1, 0.15) is 45.8 Å². The number of aliphatic hydroxyl groups excluding tert-OH is 1. The number of ether oxygens (including phenoxy) is 1. The van der Waals surface area contributed by atoms with E-state index in [9.17, 15) is 19.8 Å². The first-order chi connectivity index (χ1) is 21.4. The average molecular weight is 617 g/mol. The fourth-order valence-corrected chi connectivity index (χ4v) is 6.52. The fraction of sp³-hybridized carbons (Fsp3) is 0.469.